The van der Waals surface area contributed by atoms with E-state index in [0.717, 1.165) is 0 Å². The summed E-state index contributed by atoms with van der Waals surface area (Å²) in [6, 6.07) is 7.05. The van der Waals surface area contributed by atoms with Crippen LogP contribution in [0.5, 0.6) is 0 Å². The molecule has 0 heterocycles. The van der Waals surface area contributed by atoms with Gasteiger partial charge in [0.2, 0.25) is 10.0 Å². The molecular weight excluding hydrogens is 396 g/mol. The lowest BCUT2D eigenvalue weighted by atomic mass is 10.2. The first-order valence-electron chi connectivity index (χ1n) is 5.67. The largest absolute Gasteiger partial charge is 0.244 e. The Morgan fingerprint density at radius 2 is 2.05 bits per heavy atom. The summed E-state index contributed by atoms with van der Waals surface area (Å²) in [7, 11) is -3.60. The minimum absolute atomic E-state index is 0.189. The summed E-state index contributed by atoms with van der Waals surface area (Å²) in [5.74, 6) is -0.347. The normalized spacial score (nSPS) is 13.3. The Kier molecular flexibility index (Phi) is 5.99. The molecule has 0 aliphatic heterocycles. The van der Waals surface area contributed by atoms with Crippen molar-refractivity contribution in [2.75, 3.05) is 13.1 Å². The summed E-state index contributed by atoms with van der Waals surface area (Å²) >= 11 is 6.52. The molecule has 0 aromatic heterocycles. The van der Waals surface area contributed by atoms with Crippen molar-refractivity contribution in [3.05, 3.63) is 27.1 Å². The van der Waals surface area contributed by atoms with E-state index in [-0.39, 0.29) is 17.4 Å². The molecule has 0 saturated heterocycles. The van der Waals surface area contributed by atoms with Gasteiger partial charge >= 0.3 is 0 Å². The van der Waals surface area contributed by atoms with Gasteiger partial charge in [0.1, 0.15) is 0 Å². The standard InChI is InChI=1S/C12H14Br2N2O2S/c1-3-16(8-9(2)7-15)19(17,18)12-6-10(13)4-5-11(12)14/h4-6,9H,3,8H2,1-2H3. The Morgan fingerprint density at radius 1 is 1.42 bits per heavy atom. The fourth-order valence-corrected chi connectivity index (χ4v) is 4.56. The van der Waals surface area contributed by atoms with Crippen LogP contribution < -0.4 is 0 Å². The number of benzene rings is 1. The van der Waals surface area contributed by atoms with Gasteiger partial charge in [-0.05, 0) is 41.1 Å². The third-order valence-electron chi connectivity index (χ3n) is 2.56. The minimum atomic E-state index is -3.60. The van der Waals surface area contributed by atoms with Gasteiger partial charge in [-0.25, -0.2) is 8.42 Å². The maximum atomic E-state index is 12.6. The molecule has 1 aromatic carbocycles. The predicted octanol–water partition coefficient (Wildman–Crippen LogP) is 3.38. The van der Waals surface area contributed by atoms with Crippen LogP contribution >= 0.6 is 31.9 Å². The van der Waals surface area contributed by atoms with Crippen molar-refractivity contribution in [2.24, 2.45) is 5.92 Å². The van der Waals surface area contributed by atoms with E-state index in [1.54, 1.807) is 32.0 Å². The maximum absolute atomic E-state index is 12.6. The Labute approximate surface area is 130 Å². The SMILES string of the molecule is CCN(CC(C)C#N)S(=O)(=O)c1cc(Br)ccc1Br. The van der Waals surface area contributed by atoms with Crippen molar-refractivity contribution >= 4 is 41.9 Å². The fourth-order valence-electron chi connectivity index (χ4n) is 1.56. The van der Waals surface area contributed by atoms with Crippen LogP contribution in [0.15, 0.2) is 32.0 Å². The molecule has 0 aliphatic rings. The van der Waals surface area contributed by atoms with Gasteiger partial charge in [0.25, 0.3) is 0 Å². The molecule has 1 atom stereocenters. The summed E-state index contributed by atoms with van der Waals surface area (Å²) in [5, 5.41) is 8.83. The first-order valence-corrected chi connectivity index (χ1v) is 8.70. The van der Waals surface area contributed by atoms with Crippen LogP contribution in [0.2, 0.25) is 0 Å². The molecule has 0 spiro atoms. The molecule has 1 unspecified atom stereocenters. The molecule has 0 N–H and O–H groups in total. The second-order valence-corrected chi connectivity index (χ2v) is 7.74. The van der Waals surface area contributed by atoms with Gasteiger partial charge in [-0.15, -0.1) is 0 Å². The minimum Gasteiger partial charge on any atom is -0.207 e. The van der Waals surface area contributed by atoms with E-state index < -0.39 is 10.0 Å². The zero-order valence-electron chi connectivity index (χ0n) is 10.6. The van der Waals surface area contributed by atoms with Gasteiger partial charge in [0.15, 0.2) is 0 Å². The van der Waals surface area contributed by atoms with Gasteiger partial charge in [-0.1, -0.05) is 22.9 Å². The van der Waals surface area contributed by atoms with E-state index in [9.17, 15) is 8.42 Å². The van der Waals surface area contributed by atoms with Gasteiger partial charge in [-0.3, -0.25) is 0 Å². The van der Waals surface area contributed by atoms with Gasteiger partial charge in [0, 0.05) is 22.0 Å². The summed E-state index contributed by atoms with van der Waals surface area (Å²) in [6.45, 7) is 3.98. The third-order valence-corrected chi connectivity index (χ3v) is 5.99. The van der Waals surface area contributed by atoms with E-state index in [4.69, 9.17) is 5.26 Å². The smallest absolute Gasteiger partial charge is 0.207 e. The first-order chi connectivity index (χ1) is 8.82. The molecule has 19 heavy (non-hydrogen) atoms. The maximum Gasteiger partial charge on any atom is 0.244 e. The number of hydrogen-bond acceptors (Lipinski definition) is 3. The Bertz CT molecular complexity index is 596. The second kappa shape index (κ2) is 6.84. The number of rotatable bonds is 5. The van der Waals surface area contributed by atoms with Crippen LogP contribution in [0.4, 0.5) is 0 Å². The highest BCUT2D eigenvalue weighted by Crippen LogP contribution is 2.28. The molecule has 0 radical (unpaired) electrons. The fraction of sp³-hybridized carbons (Fsp3) is 0.417. The van der Waals surface area contributed by atoms with Crippen LogP contribution in [-0.2, 0) is 10.0 Å². The van der Waals surface area contributed by atoms with Crippen molar-refractivity contribution in [2.45, 2.75) is 18.7 Å². The van der Waals surface area contributed by atoms with E-state index >= 15 is 0 Å². The van der Waals surface area contributed by atoms with E-state index in [0.29, 0.717) is 15.5 Å². The van der Waals surface area contributed by atoms with E-state index in [1.807, 2.05) is 0 Å². The molecule has 104 valence electrons. The lowest BCUT2D eigenvalue weighted by molar-refractivity contribution is 0.399. The molecule has 0 amide bonds. The summed E-state index contributed by atoms with van der Waals surface area (Å²) in [6.07, 6.45) is 0. The predicted molar refractivity (Wildman–Crippen MR) is 81.1 cm³/mol. The highest BCUT2D eigenvalue weighted by atomic mass is 79.9. The van der Waals surface area contributed by atoms with Crippen LogP contribution in [0, 0.1) is 17.2 Å². The van der Waals surface area contributed by atoms with Gasteiger partial charge in [0.05, 0.1) is 16.9 Å². The zero-order valence-corrected chi connectivity index (χ0v) is 14.6. The summed E-state index contributed by atoms with van der Waals surface area (Å²) in [4.78, 5) is 0.203. The Hall–Kier alpha value is -0.420. The van der Waals surface area contributed by atoms with Crippen LogP contribution in [0.25, 0.3) is 0 Å². The topological polar surface area (TPSA) is 61.2 Å². The lowest BCUT2D eigenvalue weighted by Crippen LogP contribution is -2.34. The quantitative estimate of drug-likeness (QED) is 0.748. The average Bonchev–Trinajstić information content (AvgIpc) is 2.37. The highest BCUT2D eigenvalue weighted by molar-refractivity contribution is 9.11. The zero-order chi connectivity index (χ0) is 14.6. The molecule has 0 fully saturated rings. The van der Waals surface area contributed by atoms with Crippen molar-refractivity contribution in [1.29, 1.82) is 5.26 Å². The molecule has 4 nitrogen and oxygen atoms in total. The number of halogens is 2. The molecular formula is C12H14Br2N2O2S. The van der Waals surface area contributed by atoms with Gasteiger partial charge < -0.3 is 0 Å². The lowest BCUT2D eigenvalue weighted by Gasteiger charge is -2.22. The third kappa shape index (κ3) is 4.02. The van der Waals surface area contributed by atoms with E-state index in [1.165, 1.54) is 4.31 Å². The van der Waals surface area contributed by atoms with E-state index in [2.05, 4.69) is 37.9 Å². The first kappa shape index (κ1) is 16.6. The Balaban J connectivity index is 3.21. The number of hydrogen-bond donors (Lipinski definition) is 0. The van der Waals surface area contributed by atoms with Crippen molar-refractivity contribution in [1.82, 2.24) is 4.31 Å². The number of nitrogens with zero attached hydrogens (tertiary/aromatic N) is 2. The monoisotopic (exact) mass is 408 g/mol. The van der Waals surface area contributed by atoms with Gasteiger partial charge in [-0.2, -0.15) is 9.57 Å². The van der Waals surface area contributed by atoms with Crippen molar-refractivity contribution < 1.29 is 8.42 Å². The van der Waals surface area contributed by atoms with Crippen LogP contribution in [0.1, 0.15) is 13.8 Å². The molecule has 0 bridgehead atoms. The van der Waals surface area contributed by atoms with Crippen LogP contribution in [-0.4, -0.2) is 25.8 Å². The molecule has 1 aromatic rings. The van der Waals surface area contributed by atoms with Crippen LogP contribution in [0.3, 0.4) is 0 Å². The second-order valence-electron chi connectivity index (χ2n) is 4.06. The molecule has 1 rings (SSSR count). The number of sulfonamides is 1. The van der Waals surface area contributed by atoms with Crippen molar-refractivity contribution in [3.8, 4) is 6.07 Å². The molecule has 7 heteroatoms. The highest BCUT2D eigenvalue weighted by Gasteiger charge is 2.26. The molecule has 0 aliphatic carbocycles. The molecule has 0 saturated carbocycles. The van der Waals surface area contributed by atoms with Crippen molar-refractivity contribution in [3.63, 3.8) is 0 Å². The summed E-state index contributed by atoms with van der Waals surface area (Å²) < 4.78 is 27.6. The Morgan fingerprint density at radius 3 is 2.58 bits per heavy atom. The summed E-state index contributed by atoms with van der Waals surface area (Å²) in [5.41, 5.74) is 0. The average molecular weight is 410 g/mol. The number of nitriles is 1.